The van der Waals surface area contributed by atoms with Crippen LogP contribution in [0.4, 0.5) is 0 Å². The summed E-state index contributed by atoms with van der Waals surface area (Å²) < 4.78 is 11.5. The fraction of sp³-hybridized carbons (Fsp3) is 0.304. The van der Waals surface area contributed by atoms with Crippen molar-refractivity contribution < 1.29 is 9.15 Å². The van der Waals surface area contributed by atoms with E-state index in [9.17, 15) is 0 Å². The molecule has 3 aromatic rings. The summed E-state index contributed by atoms with van der Waals surface area (Å²) in [6, 6.07) is 18.4. The predicted octanol–water partition coefficient (Wildman–Crippen LogP) is 5.14. The van der Waals surface area contributed by atoms with Crippen LogP contribution in [-0.2, 0) is 4.74 Å². The first-order valence-electron chi connectivity index (χ1n) is 9.97. The first-order valence-corrected chi connectivity index (χ1v) is 11.2. The number of nitrogens with zero attached hydrogens (tertiary/aromatic N) is 2. The SMILES string of the molecule is COCCCN1C(=S)N[C@@H](c2ccccn2)[C@H]1c1ccc(Sc2ccc(C)cc2)o1. The molecule has 0 spiro atoms. The zero-order valence-corrected chi connectivity index (χ0v) is 18.7. The van der Waals surface area contributed by atoms with Gasteiger partial charge in [0.15, 0.2) is 10.2 Å². The zero-order valence-electron chi connectivity index (χ0n) is 17.1. The van der Waals surface area contributed by atoms with Crippen molar-refractivity contribution in [3.63, 3.8) is 0 Å². The van der Waals surface area contributed by atoms with Crippen molar-refractivity contribution >= 4 is 29.1 Å². The zero-order chi connectivity index (χ0) is 20.9. The highest BCUT2D eigenvalue weighted by Crippen LogP contribution is 2.41. The molecule has 156 valence electrons. The van der Waals surface area contributed by atoms with Crippen molar-refractivity contribution in [2.24, 2.45) is 0 Å². The lowest BCUT2D eigenvalue weighted by molar-refractivity contribution is 0.176. The summed E-state index contributed by atoms with van der Waals surface area (Å²) in [5.41, 5.74) is 2.19. The molecule has 30 heavy (non-hydrogen) atoms. The number of furan rings is 1. The molecular formula is C23H25N3O2S2. The second kappa shape index (κ2) is 9.64. The molecule has 1 fully saturated rings. The molecule has 2 aromatic heterocycles. The van der Waals surface area contributed by atoms with Gasteiger partial charge in [-0.15, -0.1) is 0 Å². The van der Waals surface area contributed by atoms with Crippen LogP contribution in [0.1, 0.15) is 35.5 Å². The molecule has 1 aliphatic rings. The molecule has 0 unspecified atom stereocenters. The Labute approximate surface area is 186 Å². The third kappa shape index (κ3) is 4.69. The van der Waals surface area contributed by atoms with E-state index >= 15 is 0 Å². The number of rotatable bonds is 8. The van der Waals surface area contributed by atoms with Crippen molar-refractivity contribution in [3.05, 3.63) is 77.8 Å². The Morgan fingerprint density at radius 1 is 1.17 bits per heavy atom. The summed E-state index contributed by atoms with van der Waals surface area (Å²) in [4.78, 5) is 7.90. The highest BCUT2D eigenvalue weighted by Gasteiger charge is 2.41. The van der Waals surface area contributed by atoms with Gasteiger partial charge in [0.1, 0.15) is 11.8 Å². The molecule has 4 rings (SSSR count). The van der Waals surface area contributed by atoms with Gasteiger partial charge >= 0.3 is 0 Å². The summed E-state index contributed by atoms with van der Waals surface area (Å²) in [5, 5.41) is 5.03. The molecule has 0 amide bonds. The summed E-state index contributed by atoms with van der Waals surface area (Å²) >= 11 is 7.29. The fourth-order valence-corrected chi connectivity index (χ4v) is 4.72. The number of ether oxygens (including phenoxy) is 1. The van der Waals surface area contributed by atoms with E-state index in [1.54, 1.807) is 18.9 Å². The maximum absolute atomic E-state index is 6.30. The summed E-state index contributed by atoms with van der Waals surface area (Å²) in [6.45, 7) is 3.56. The number of methoxy groups -OCH3 is 1. The van der Waals surface area contributed by atoms with Gasteiger partial charge in [-0.25, -0.2) is 0 Å². The second-order valence-electron chi connectivity index (χ2n) is 7.24. The minimum atomic E-state index is -0.0652. The molecule has 7 heteroatoms. The number of hydrogen-bond acceptors (Lipinski definition) is 5. The number of pyridine rings is 1. The van der Waals surface area contributed by atoms with Gasteiger partial charge in [-0.05, 0) is 62.0 Å². The van der Waals surface area contributed by atoms with Gasteiger partial charge < -0.3 is 19.4 Å². The van der Waals surface area contributed by atoms with Crippen LogP contribution in [0.2, 0.25) is 0 Å². The summed E-state index contributed by atoms with van der Waals surface area (Å²) in [5.74, 6) is 0.880. The Bertz CT molecular complexity index is 976. The minimum Gasteiger partial charge on any atom is -0.452 e. The molecule has 5 nitrogen and oxygen atoms in total. The first-order chi connectivity index (χ1) is 14.7. The van der Waals surface area contributed by atoms with E-state index in [-0.39, 0.29) is 12.1 Å². The molecule has 1 N–H and O–H groups in total. The van der Waals surface area contributed by atoms with E-state index in [1.807, 2.05) is 30.5 Å². The molecule has 1 saturated heterocycles. The highest BCUT2D eigenvalue weighted by molar-refractivity contribution is 7.99. The van der Waals surface area contributed by atoms with E-state index in [4.69, 9.17) is 21.4 Å². The van der Waals surface area contributed by atoms with E-state index < -0.39 is 0 Å². The number of benzene rings is 1. The average Bonchev–Trinajstić information content (AvgIpc) is 3.35. The Kier molecular flexibility index (Phi) is 6.72. The smallest absolute Gasteiger partial charge is 0.170 e. The van der Waals surface area contributed by atoms with Gasteiger partial charge in [-0.2, -0.15) is 0 Å². The lowest BCUT2D eigenvalue weighted by Crippen LogP contribution is -2.31. The molecule has 0 saturated carbocycles. The second-order valence-corrected chi connectivity index (χ2v) is 8.70. The van der Waals surface area contributed by atoms with E-state index in [0.717, 1.165) is 39.5 Å². The predicted molar refractivity (Wildman–Crippen MR) is 123 cm³/mol. The molecule has 1 aromatic carbocycles. The van der Waals surface area contributed by atoms with E-state index in [2.05, 4.69) is 52.5 Å². The van der Waals surface area contributed by atoms with Crippen LogP contribution >= 0.6 is 24.0 Å². The average molecular weight is 440 g/mol. The highest BCUT2D eigenvalue weighted by atomic mass is 32.2. The van der Waals surface area contributed by atoms with Crippen molar-refractivity contribution in [1.29, 1.82) is 0 Å². The van der Waals surface area contributed by atoms with Gasteiger partial charge in [0.25, 0.3) is 0 Å². The molecule has 3 heterocycles. The van der Waals surface area contributed by atoms with E-state index in [1.165, 1.54) is 5.56 Å². The van der Waals surface area contributed by atoms with Gasteiger partial charge in [0, 0.05) is 31.4 Å². The first kappa shape index (κ1) is 20.9. The van der Waals surface area contributed by atoms with Gasteiger partial charge in [-0.3, -0.25) is 4.98 Å². The van der Waals surface area contributed by atoms with Crippen LogP contribution in [0.15, 0.2) is 75.2 Å². The number of aromatic nitrogens is 1. The molecule has 0 aliphatic carbocycles. The van der Waals surface area contributed by atoms with E-state index in [0.29, 0.717) is 6.61 Å². The Morgan fingerprint density at radius 2 is 2.00 bits per heavy atom. The van der Waals surface area contributed by atoms with Crippen LogP contribution in [0.5, 0.6) is 0 Å². The van der Waals surface area contributed by atoms with Crippen molar-refractivity contribution in [2.45, 2.75) is 35.4 Å². The van der Waals surface area contributed by atoms with Crippen LogP contribution in [-0.4, -0.2) is 35.3 Å². The largest absolute Gasteiger partial charge is 0.452 e. The normalized spacial score (nSPS) is 18.6. The fourth-order valence-electron chi connectivity index (χ4n) is 3.61. The lowest BCUT2D eigenvalue weighted by Gasteiger charge is -2.25. The molecular weight excluding hydrogens is 414 g/mol. The third-order valence-electron chi connectivity index (χ3n) is 5.08. The summed E-state index contributed by atoms with van der Waals surface area (Å²) in [6.07, 6.45) is 2.70. The molecule has 0 bridgehead atoms. The Morgan fingerprint density at radius 3 is 2.73 bits per heavy atom. The number of thiocarbonyl (C=S) groups is 1. The maximum Gasteiger partial charge on any atom is 0.170 e. The van der Waals surface area contributed by atoms with Gasteiger partial charge in [0.05, 0.1) is 11.7 Å². The van der Waals surface area contributed by atoms with Crippen molar-refractivity contribution in [2.75, 3.05) is 20.3 Å². The number of aryl methyl sites for hydroxylation is 1. The standard InChI is InChI=1S/C23H25N3O2S2/c1-16-7-9-17(10-8-16)30-20-12-11-19(28-20)22-21(18-6-3-4-13-24-18)25-23(29)26(22)14-5-15-27-2/h3-4,6-13,21-22H,5,14-15H2,1-2H3,(H,25,29)/t21-,22+/m0/s1. The molecule has 0 radical (unpaired) electrons. The van der Waals surface area contributed by atoms with Crippen molar-refractivity contribution in [1.82, 2.24) is 15.2 Å². The van der Waals surface area contributed by atoms with Gasteiger partial charge in [0.2, 0.25) is 0 Å². The molecule has 2 atom stereocenters. The Balaban J connectivity index is 1.60. The third-order valence-corrected chi connectivity index (χ3v) is 6.36. The number of hydrogen-bond donors (Lipinski definition) is 1. The van der Waals surface area contributed by atoms with Gasteiger partial charge in [-0.1, -0.05) is 35.5 Å². The lowest BCUT2D eigenvalue weighted by atomic mass is 10.0. The Hall–Kier alpha value is -2.35. The van der Waals surface area contributed by atoms with Crippen molar-refractivity contribution in [3.8, 4) is 0 Å². The van der Waals surface area contributed by atoms with Crippen LogP contribution in [0.25, 0.3) is 0 Å². The summed E-state index contributed by atoms with van der Waals surface area (Å²) in [7, 11) is 1.72. The van der Waals surface area contributed by atoms with Crippen LogP contribution in [0.3, 0.4) is 0 Å². The maximum atomic E-state index is 6.30. The van der Waals surface area contributed by atoms with Crippen LogP contribution < -0.4 is 5.32 Å². The number of nitrogens with one attached hydrogen (secondary N) is 1. The monoisotopic (exact) mass is 439 g/mol. The topological polar surface area (TPSA) is 50.5 Å². The quantitative estimate of drug-likeness (QED) is 0.385. The minimum absolute atomic E-state index is 0.0587. The van der Waals surface area contributed by atoms with Crippen LogP contribution in [0, 0.1) is 6.92 Å². The molecule has 1 aliphatic heterocycles.